The molecular weight excluding hydrogens is 372 g/mol. The molecular formula is C21H24N4O2S. The molecule has 2 atom stereocenters. The molecule has 1 aromatic carbocycles. The zero-order valence-corrected chi connectivity index (χ0v) is 17.2. The monoisotopic (exact) mass is 396 g/mol. The molecule has 1 aliphatic rings. The average Bonchev–Trinajstić information content (AvgIpc) is 3.33. The fourth-order valence-corrected chi connectivity index (χ4v) is 4.86. The highest BCUT2D eigenvalue weighted by atomic mass is 32.1. The molecule has 0 radical (unpaired) electrons. The minimum Gasteiger partial charge on any atom is -0.333 e. The number of carbonyl (C=O) groups is 1. The van der Waals surface area contributed by atoms with Crippen LogP contribution < -0.4 is 5.56 Å². The van der Waals surface area contributed by atoms with E-state index in [9.17, 15) is 9.59 Å². The SMILES string of the molecule is Cc1nc2sc([C@H]3CCCN3C(=O)C[C@H](C)c3ccccc3)nn2c(=O)c1C. The molecule has 2 aromatic heterocycles. The first-order chi connectivity index (χ1) is 13.5. The van der Waals surface area contributed by atoms with E-state index < -0.39 is 0 Å². The van der Waals surface area contributed by atoms with Crippen LogP contribution in [0, 0.1) is 13.8 Å². The molecule has 0 unspecified atom stereocenters. The van der Waals surface area contributed by atoms with Gasteiger partial charge in [-0.05, 0) is 38.2 Å². The maximum absolute atomic E-state index is 13.0. The van der Waals surface area contributed by atoms with Crippen LogP contribution in [0.4, 0.5) is 0 Å². The van der Waals surface area contributed by atoms with E-state index >= 15 is 0 Å². The number of carbonyl (C=O) groups excluding carboxylic acids is 1. The summed E-state index contributed by atoms with van der Waals surface area (Å²) >= 11 is 1.41. The predicted molar refractivity (Wildman–Crippen MR) is 110 cm³/mol. The van der Waals surface area contributed by atoms with Gasteiger partial charge in [-0.15, -0.1) is 0 Å². The zero-order chi connectivity index (χ0) is 19.8. The molecule has 0 bridgehead atoms. The van der Waals surface area contributed by atoms with Gasteiger partial charge in [0.1, 0.15) is 5.01 Å². The highest BCUT2D eigenvalue weighted by molar-refractivity contribution is 7.16. The van der Waals surface area contributed by atoms with Gasteiger partial charge in [-0.2, -0.15) is 9.61 Å². The molecule has 1 aliphatic heterocycles. The van der Waals surface area contributed by atoms with Crippen molar-refractivity contribution in [2.24, 2.45) is 0 Å². The van der Waals surface area contributed by atoms with Crippen LogP contribution >= 0.6 is 11.3 Å². The van der Waals surface area contributed by atoms with Gasteiger partial charge in [0, 0.05) is 24.2 Å². The fourth-order valence-electron chi connectivity index (χ4n) is 3.78. The molecule has 3 heterocycles. The van der Waals surface area contributed by atoms with Gasteiger partial charge in [0.05, 0.1) is 6.04 Å². The molecule has 3 aromatic rings. The summed E-state index contributed by atoms with van der Waals surface area (Å²) in [6.45, 7) is 6.44. The number of hydrogen-bond acceptors (Lipinski definition) is 5. The Labute approximate surface area is 167 Å². The lowest BCUT2D eigenvalue weighted by molar-refractivity contribution is -0.132. The lowest BCUT2D eigenvalue weighted by Gasteiger charge is -2.24. The third-order valence-electron chi connectivity index (χ3n) is 5.60. The summed E-state index contributed by atoms with van der Waals surface area (Å²) in [5, 5.41) is 5.33. The summed E-state index contributed by atoms with van der Waals surface area (Å²) in [6, 6.07) is 10.1. The molecule has 146 valence electrons. The Hall–Kier alpha value is -2.54. The standard InChI is InChI=1S/C21H24N4O2S/c1-13(16-8-5-4-6-9-16)12-18(26)24-11-7-10-17(24)19-23-25-20(27)14(2)15(3)22-21(25)28-19/h4-6,8-9,13,17H,7,10-12H2,1-3H3/t13-,17+/m0/s1. The second kappa shape index (κ2) is 7.47. The van der Waals surface area contributed by atoms with E-state index in [-0.39, 0.29) is 23.4 Å². The van der Waals surface area contributed by atoms with Crippen molar-refractivity contribution in [3.05, 3.63) is 62.5 Å². The number of hydrogen-bond donors (Lipinski definition) is 0. The van der Waals surface area contributed by atoms with E-state index in [1.165, 1.54) is 21.4 Å². The Morgan fingerprint density at radius 3 is 2.79 bits per heavy atom. The number of nitrogens with zero attached hydrogens (tertiary/aromatic N) is 4. The van der Waals surface area contributed by atoms with Crippen LogP contribution in [-0.2, 0) is 4.79 Å². The van der Waals surface area contributed by atoms with Crippen molar-refractivity contribution in [3.63, 3.8) is 0 Å². The zero-order valence-electron chi connectivity index (χ0n) is 16.4. The van der Waals surface area contributed by atoms with Gasteiger partial charge in [0.15, 0.2) is 0 Å². The van der Waals surface area contributed by atoms with Crippen LogP contribution in [0.15, 0.2) is 35.1 Å². The summed E-state index contributed by atoms with van der Waals surface area (Å²) in [4.78, 5) is 32.5. The number of aromatic nitrogens is 3. The normalized spacial score (nSPS) is 18.0. The molecule has 7 heteroatoms. The Bertz CT molecular complexity index is 1070. The van der Waals surface area contributed by atoms with E-state index in [4.69, 9.17) is 0 Å². The number of likely N-dealkylation sites (tertiary alicyclic amines) is 1. The Kier molecular flexibility index (Phi) is 5.02. The van der Waals surface area contributed by atoms with E-state index in [0.29, 0.717) is 16.9 Å². The number of rotatable bonds is 4. The van der Waals surface area contributed by atoms with Crippen LogP contribution in [0.3, 0.4) is 0 Å². The first kappa shape index (κ1) is 18.8. The van der Waals surface area contributed by atoms with Crippen molar-refractivity contribution in [2.75, 3.05) is 6.54 Å². The molecule has 4 rings (SSSR count). The highest BCUT2D eigenvalue weighted by Crippen LogP contribution is 2.35. The molecule has 1 fully saturated rings. The second-order valence-electron chi connectivity index (χ2n) is 7.52. The van der Waals surface area contributed by atoms with Gasteiger partial charge in [0.2, 0.25) is 10.9 Å². The van der Waals surface area contributed by atoms with Gasteiger partial charge in [-0.1, -0.05) is 48.6 Å². The van der Waals surface area contributed by atoms with E-state index in [2.05, 4.69) is 29.1 Å². The van der Waals surface area contributed by atoms with Gasteiger partial charge >= 0.3 is 0 Å². The quantitative estimate of drug-likeness (QED) is 0.675. The van der Waals surface area contributed by atoms with Crippen molar-refractivity contribution < 1.29 is 4.79 Å². The molecule has 0 aliphatic carbocycles. The fraction of sp³-hybridized carbons (Fsp3) is 0.429. The topological polar surface area (TPSA) is 67.6 Å². The molecule has 0 saturated carbocycles. The Balaban J connectivity index is 1.58. The maximum atomic E-state index is 13.0. The lowest BCUT2D eigenvalue weighted by Crippen LogP contribution is -2.31. The Morgan fingerprint density at radius 1 is 1.29 bits per heavy atom. The van der Waals surface area contributed by atoms with Gasteiger partial charge in [0.25, 0.3) is 5.56 Å². The van der Waals surface area contributed by atoms with Crippen LogP contribution in [0.1, 0.15) is 60.0 Å². The van der Waals surface area contributed by atoms with Gasteiger partial charge in [-0.3, -0.25) is 9.59 Å². The van der Waals surface area contributed by atoms with Crippen molar-refractivity contribution in [2.45, 2.75) is 52.0 Å². The number of aryl methyl sites for hydroxylation is 1. The van der Waals surface area contributed by atoms with Crippen molar-refractivity contribution >= 4 is 22.2 Å². The van der Waals surface area contributed by atoms with Crippen LogP contribution in [0.25, 0.3) is 4.96 Å². The minimum atomic E-state index is -0.126. The third-order valence-corrected chi connectivity index (χ3v) is 6.61. The summed E-state index contributed by atoms with van der Waals surface area (Å²) in [6.07, 6.45) is 2.30. The highest BCUT2D eigenvalue weighted by Gasteiger charge is 2.33. The second-order valence-corrected chi connectivity index (χ2v) is 8.51. The molecule has 28 heavy (non-hydrogen) atoms. The molecule has 1 amide bonds. The van der Waals surface area contributed by atoms with Crippen molar-refractivity contribution in [1.29, 1.82) is 0 Å². The van der Waals surface area contributed by atoms with Crippen LogP contribution in [0.5, 0.6) is 0 Å². The predicted octanol–water partition coefficient (Wildman–Crippen LogP) is 3.63. The molecule has 6 nitrogen and oxygen atoms in total. The van der Waals surface area contributed by atoms with E-state index in [0.717, 1.165) is 30.1 Å². The number of fused-ring (bicyclic) bond motifs is 1. The summed E-state index contributed by atoms with van der Waals surface area (Å²) in [7, 11) is 0. The summed E-state index contributed by atoms with van der Waals surface area (Å²) in [5.74, 6) is 0.311. The Morgan fingerprint density at radius 2 is 2.04 bits per heavy atom. The number of amides is 1. The van der Waals surface area contributed by atoms with Crippen LogP contribution in [0.2, 0.25) is 0 Å². The molecule has 0 N–H and O–H groups in total. The van der Waals surface area contributed by atoms with Gasteiger partial charge < -0.3 is 4.90 Å². The van der Waals surface area contributed by atoms with E-state index in [1.807, 2.05) is 30.0 Å². The minimum absolute atomic E-state index is 0.0674. The van der Waals surface area contributed by atoms with E-state index in [1.54, 1.807) is 6.92 Å². The third kappa shape index (κ3) is 3.35. The first-order valence-corrected chi connectivity index (χ1v) is 10.5. The van der Waals surface area contributed by atoms with Crippen molar-refractivity contribution in [3.8, 4) is 0 Å². The average molecular weight is 397 g/mol. The van der Waals surface area contributed by atoms with Crippen molar-refractivity contribution in [1.82, 2.24) is 19.5 Å². The first-order valence-electron chi connectivity index (χ1n) is 9.67. The number of benzene rings is 1. The smallest absolute Gasteiger partial charge is 0.278 e. The summed E-state index contributed by atoms with van der Waals surface area (Å²) < 4.78 is 1.38. The largest absolute Gasteiger partial charge is 0.333 e. The van der Waals surface area contributed by atoms with Gasteiger partial charge in [-0.25, -0.2) is 4.98 Å². The lowest BCUT2D eigenvalue weighted by atomic mass is 9.97. The van der Waals surface area contributed by atoms with Crippen LogP contribution in [-0.4, -0.2) is 31.9 Å². The maximum Gasteiger partial charge on any atom is 0.278 e. The molecule has 0 spiro atoms. The summed E-state index contributed by atoms with van der Waals surface area (Å²) in [5.41, 5.74) is 2.40. The molecule has 1 saturated heterocycles.